The second kappa shape index (κ2) is 8.46. The summed E-state index contributed by atoms with van der Waals surface area (Å²) in [4.78, 5) is 30.3. The minimum absolute atomic E-state index is 0.0631. The molecule has 1 aliphatic heterocycles. The van der Waals surface area contributed by atoms with E-state index >= 15 is 0 Å². The van der Waals surface area contributed by atoms with Crippen LogP contribution in [-0.4, -0.2) is 41.4 Å². The van der Waals surface area contributed by atoms with Crippen LogP contribution in [0.25, 0.3) is 0 Å². The van der Waals surface area contributed by atoms with Crippen molar-refractivity contribution in [2.45, 2.75) is 12.8 Å². The lowest BCUT2D eigenvalue weighted by Gasteiger charge is -2.31. The summed E-state index contributed by atoms with van der Waals surface area (Å²) in [5.74, 6) is -0.868. The highest BCUT2D eigenvalue weighted by Crippen LogP contribution is 2.22. The first-order chi connectivity index (χ1) is 12.5. The molecule has 0 radical (unpaired) electrons. The van der Waals surface area contributed by atoms with Crippen LogP contribution in [-0.2, 0) is 9.59 Å². The van der Waals surface area contributed by atoms with Gasteiger partial charge in [-0.15, -0.1) is 11.3 Å². The Bertz CT molecular complexity index is 788. The number of amides is 2. The Morgan fingerprint density at radius 2 is 2.31 bits per heavy atom. The second-order valence-electron chi connectivity index (χ2n) is 5.87. The number of rotatable bonds is 5. The Balaban J connectivity index is 1.52. The van der Waals surface area contributed by atoms with E-state index in [1.165, 1.54) is 29.5 Å². The number of halogens is 2. The van der Waals surface area contributed by atoms with Crippen LogP contribution >= 0.6 is 22.9 Å². The molecule has 2 amide bonds. The molecule has 0 aliphatic carbocycles. The number of piperidine rings is 1. The van der Waals surface area contributed by atoms with E-state index in [2.05, 4.69) is 10.3 Å². The van der Waals surface area contributed by atoms with E-state index in [0.717, 1.165) is 12.8 Å². The fourth-order valence-electron chi connectivity index (χ4n) is 2.71. The number of hydrogen-bond acceptors (Lipinski definition) is 5. The molecule has 1 saturated heterocycles. The molecule has 3 rings (SSSR count). The summed E-state index contributed by atoms with van der Waals surface area (Å²) in [6.45, 7) is 0.722. The number of carbonyl (C=O) groups is 2. The molecule has 6 nitrogen and oxygen atoms in total. The third-order valence-electron chi connectivity index (χ3n) is 4.06. The van der Waals surface area contributed by atoms with Gasteiger partial charge in [-0.05, 0) is 25.0 Å². The molecule has 26 heavy (non-hydrogen) atoms. The first-order valence-electron chi connectivity index (χ1n) is 8.09. The smallest absolute Gasteiger partial charge is 0.260 e. The lowest BCUT2D eigenvalue weighted by molar-refractivity contribution is -0.136. The van der Waals surface area contributed by atoms with E-state index < -0.39 is 5.82 Å². The van der Waals surface area contributed by atoms with Crippen LogP contribution in [0.2, 0.25) is 5.02 Å². The van der Waals surface area contributed by atoms with Crippen molar-refractivity contribution in [2.24, 2.45) is 5.92 Å². The second-order valence-corrected chi connectivity index (χ2v) is 7.17. The maximum Gasteiger partial charge on any atom is 0.260 e. The highest BCUT2D eigenvalue weighted by Gasteiger charge is 2.29. The van der Waals surface area contributed by atoms with Gasteiger partial charge in [0.15, 0.2) is 11.7 Å². The van der Waals surface area contributed by atoms with Gasteiger partial charge in [0.1, 0.15) is 11.6 Å². The van der Waals surface area contributed by atoms with Crippen LogP contribution in [0.1, 0.15) is 12.8 Å². The molecule has 1 fully saturated rings. The maximum absolute atomic E-state index is 13.1. The number of anilines is 1. The largest absolute Gasteiger partial charge is 0.484 e. The number of benzene rings is 1. The molecule has 9 heteroatoms. The molecule has 0 saturated carbocycles. The van der Waals surface area contributed by atoms with Gasteiger partial charge in [0, 0.05) is 30.7 Å². The summed E-state index contributed by atoms with van der Waals surface area (Å²) in [5, 5.41) is 5.04. The average Bonchev–Trinajstić information content (AvgIpc) is 3.15. The number of carbonyl (C=O) groups excluding carboxylic acids is 2. The number of likely N-dealkylation sites (tertiary alicyclic amines) is 1. The van der Waals surface area contributed by atoms with Crippen molar-refractivity contribution >= 4 is 39.9 Å². The van der Waals surface area contributed by atoms with E-state index in [-0.39, 0.29) is 29.4 Å². The number of thiazole rings is 1. The van der Waals surface area contributed by atoms with Gasteiger partial charge in [-0.2, -0.15) is 0 Å². The lowest BCUT2D eigenvalue weighted by atomic mass is 9.97. The molecule has 1 aromatic heterocycles. The van der Waals surface area contributed by atoms with Gasteiger partial charge >= 0.3 is 0 Å². The van der Waals surface area contributed by atoms with E-state index in [4.69, 9.17) is 16.3 Å². The molecule has 2 heterocycles. The third-order valence-corrected chi connectivity index (χ3v) is 5.04. The van der Waals surface area contributed by atoms with Gasteiger partial charge in [0.05, 0.1) is 10.9 Å². The minimum atomic E-state index is -0.546. The number of nitrogens with one attached hydrogen (secondary N) is 1. The Kier molecular flexibility index (Phi) is 6.05. The molecule has 0 bridgehead atoms. The SMILES string of the molecule is O=C(Nc1nccs1)C1CCCN(C(=O)COc2ccc(F)c(Cl)c2)C1. The average molecular weight is 398 g/mol. The van der Waals surface area contributed by atoms with Crippen molar-refractivity contribution in [3.05, 3.63) is 40.6 Å². The fourth-order valence-corrected chi connectivity index (χ4v) is 3.42. The van der Waals surface area contributed by atoms with Crippen molar-refractivity contribution in [2.75, 3.05) is 25.0 Å². The quantitative estimate of drug-likeness (QED) is 0.841. The van der Waals surface area contributed by atoms with Gasteiger partial charge in [0.25, 0.3) is 5.91 Å². The van der Waals surface area contributed by atoms with Crippen molar-refractivity contribution in [1.29, 1.82) is 0 Å². The summed E-state index contributed by atoms with van der Waals surface area (Å²) >= 11 is 7.04. The predicted molar refractivity (Wildman–Crippen MR) is 97.0 cm³/mol. The van der Waals surface area contributed by atoms with Gasteiger partial charge in [-0.25, -0.2) is 9.37 Å². The number of nitrogens with zero attached hydrogens (tertiary/aromatic N) is 2. The molecule has 2 aromatic rings. The zero-order valence-electron chi connectivity index (χ0n) is 13.8. The van der Waals surface area contributed by atoms with Crippen LogP contribution in [0.4, 0.5) is 9.52 Å². The molecule has 138 valence electrons. The van der Waals surface area contributed by atoms with Crippen molar-refractivity contribution in [3.63, 3.8) is 0 Å². The summed E-state index contributed by atoms with van der Waals surface area (Å²) in [7, 11) is 0. The molecule has 1 atom stereocenters. The fraction of sp³-hybridized carbons (Fsp3) is 0.353. The molecule has 1 aromatic carbocycles. The highest BCUT2D eigenvalue weighted by atomic mass is 35.5. The van der Waals surface area contributed by atoms with Gasteiger partial charge < -0.3 is 15.0 Å². The standard InChI is InChI=1S/C17H17ClFN3O3S/c18-13-8-12(3-4-14(13)19)25-10-15(23)22-6-1-2-11(9-22)16(24)21-17-20-5-7-26-17/h3-5,7-8,11H,1-2,6,9-10H2,(H,20,21,24). The molecule has 1 aliphatic rings. The molecule has 0 spiro atoms. The summed E-state index contributed by atoms with van der Waals surface area (Å²) in [6, 6.07) is 3.92. The van der Waals surface area contributed by atoms with Crippen LogP contribution in [0.5, 0.6) is 5.75 Å². The number of hydrogen-bond donors (Lipinski definition) is 1. The van der Waals surface area contributed by atoms with E-state index in [1.807, 2.05) is 0 Å². The zero-order chi connectivity index (χ0) is 18.5. The van der Waals surface area contributed by atoms with Crippen molar-refractivity contribution in [3.8, 4) is 5.75 Å². The van der Waals surface area contributed by atoms with E-state index in [1.54, 1.807) is 16.5 Å². The summed E-state index contributed by atoms with van der Waals surface area (Å²) in [5.41, 5.74) is 0. The van der Waals surface area contributed by atoms with Crippen molar-refractivity contribution < 1.29 is 18.7 Å². The number of aromatic nitrogens is 1. The Morgan fingerprint density at radius 3 is 3.04 bits per heavy atom. The van der Waals surface area contributed by atoms with Crippen molar-refractivity contribution in [1.82, 2.24) is 9.88 Å². The Morgan fingerprint density at radius 1 is 1.46 bits per heavy atom. The summed E-state index contributed by atoms with van der Waals surface area (Å²) in [6.07, 6.45) is 3.08. The van der Waals surface area contributed by atoms with Gasteiger partial charge in [-0.1, -0.05) is 11.6 Å². The third kappa shape index (κ3) is 4.70. The molecular formula is C17H17ClFN3O3S. The zero-order valence-corrected chi connectivity index (χ0v) is 15.4. The van der Waals surface area contributed by atoms with Crippen LogP contribution in [0.3, 0.4) is 0 Å². The van der Waals surface area contributed by atoms with Crippen LogP contribution in [0.15, 0.2) is 29.8 Å². The first-order valence-corrected chi connectivity index (χ1v) is 9.34. The lowest BCUT2D eigenvalue weighted by Crippen LogP contribution is -2.45. The number of ether oxygens (including phenoxy) is 1. The summed E-state index contributed by atoms with van der Waals surface area (Å²) < 4.78 is 18.5. The monoisotopic (exact) mass is 397 g/mol. The topological polar surface area (TPSA) is 71.5 Å². The molecule has 1 N–H and O–H groups in total. The Labute approximate surface area is 158 Å². The maximum atomic E-state index is 13.1. The predicted octanol–water partition coefficient (Wildman–Crippen LogP) is 3.19. The van der Waals surface area contributed by atoms with Gasteiger partial charge in [-0.3, -0.25) is 9.59 Å². The van der Waals surface area contributed by atoms with Crippen LogP contribution in [0, 0.1) is 11.7 Å². The van der Waals surface area contributed by atoms with E-state index in [9.17, 15) is 14.0 Å². The van der Waals surface area contributed by atoms with Gasteiger partial charge in [0.2, 0.25) is 5.91 Å². The highest BCUT2D eigenvalue weighted by molar-refractivity contribution is 7.13. The normalized spacial score (nSPS) is 17.0. The molecule has 1 unspecified atom stereocenters. The molecular weight excluding hydrogens is 381 g/mol. The van der Waals surface area contributed by atoms with E-state index in [0.29, 0.717) is 24.0 Å². The van der Waals surface area contributed by atoms with Crippen LogP contribution < -0.4 is 10.1 Å². The first kappa shape index (κ1) is 18.6. The minimum Gasteiger partial charge on any atom is -0.484 e. The Hall–Kier alpha value is -2.19.